The van der Waals surface area contributed by atoms with E-state index in [2.05, 4.69) is 93.4 Å². The number of nitrogen functional groups attached to an aromatic ring is 4. The van der Waals surface area contributed by atoms with Crippen LogP contribution in [0.4, 0.5) is 22.7 Å². The smallest absolute Gasteiger partial charge is 0.0541 e. The number of allylic oxidation sites excluding steroid dienone is 2. The van der Waals surface area contributed by atoms with Crippen molar-refractivity contribution < 1.29 is 0 Å². The normalized spacial score (nSPS) is 23.3. The van der Waals surface area contributed by atoms with Gasteiger partial charge in [0.15, 0.2) is 0 Å². The van der Waals surface area contributed by atoms with E-state index in [-0.39, 0.29) is 12.1 Å². The van der Waals surface area contributed by atoms with Crippen molar-refractivity contribution in [3.8, 4) is 0 Å². The van der Waals surface area contributed by atoms with Crippen LogP contribution in [-0.2, 0) is 0 Å². The Morgan fingerprint density at radius 3 is 1.10 bits per heavy atom. The predicted molar refractivity (Wildman–Crippen MR) is 214 cm³/mol. The average molecular weight is 683 g/mol. The Bertz CT molecular complexity index is 2310. The van der Waals surface area contributed by atoms with Gasteiger partial charge in [-0.15, -0.1) is 0 Å². The van der Waals surface area contributed by atoms with Crippen LogP contribution in [0.3, 0.4) is 0 Å². The zero-order valence-electron chi connectivity index (χ0n) is 28.8. The van der Waals surface area contributed by atoms with Crippen molar-refractivity contribution in [2.45, 2.75) is 37.8 Å². The maximum Gasteiger partial charge on any atom is 0.0541 e. The third-order valence-electron chi connectivity index (χ3n) is 10.7. The topological polar surface area (TPSA) is 160 Å². The predicted octanol–water partition coefficient (Wildman–Crippen LogP) is 5.81. The molecule has 8 heteroatoms. The first-order chi connectivity index (χ1) is 25.4. The lowest BCUT2D eigenvalue weighted by molar-refractivity contribution is 0.756. The summed E-state index contributed by atoms with van der Waals surface area (Å²) in [5.41, 5.74) is 41.3. The van der Waals surface area contributed by atoms with Gasteiger partial charge in [0, 0.05) is 78.5 Å². The fourth-order valence-electron chi connectivity index (χ4n) is 8.21. The van der Waals surface area contributed by atoms with Gasteiger partial charge in [-0.1, -0.05) is 48.5 Å². The van der Waals surface area contributed by atoms with Gasteiger partial charge in [0.1, 0.15) is 0 Å². The minimum atomic E-state index is 0.0534. The molecule has 52 heavy (non-hydrogen) atoms. The van der Waals surface area contributed by atoms with E-state index in [4.69, 9.17) is 22.9 Å². The van der Waals surface area contributed by atoms with Gasteiger partial charge in [-0.05, 0) is 121 Å². The lowest BCUT2D eigenvalue weighted by Crippen LogP contribution is -2.31. The first-order valence-corrected chi connectivity index (χ1v) is 17.9. The van der Waals surface area contributed by atoms with E-state index in [1.807, 2.05) is 48.5 Å². The van der Waals surface area contributed by atoms with Gasteiger partial charge in [0.05, 0.1) is 12.1 Å². The highest BCUT2D eigenvalue weighted by Gasteiger charge is 2.31. The van der Waals surface area contributed by atoms with E-state index in [0.717, 1.165) is 104 Å². The van der Waals surface area contributed by atoms with Gasteiger partial charge in [0.2, 0.25) is 0 Å². The molecular weight excluding hydrogens is 641 g/mol. The van der Waals surface area contributed by atoms with Crippen LogP contribution in [0.1, 0.15) is 59.3 Å². The van der Waals surface area contributed by atoms with Crippen LogP contribution in [0.25, 0.3) is 22.3 Å². The van der Waals surface area contributed by atoms with E-state index in [1.165, 1.54) is 22.5 Å². The summed E-state index contributed by atoms with van der Waals surface area (Å²) >= 11 is 0. The van der Waals surface area contributed by atoms with Crippen LogP contribution in [0.15, 0.2) is 133 Å². The second kappa shape index (κ2) is 12.7. The largest absolute Gasteiger partial charge is 0.399 e. The summed E-state index contributed by atoms with van der Waals surface area (Å²) in [6, 6.07) is 41.8. The molecule has 0 saturated carbocycles. The Balaban J connectivity index is 1.34. The molecule has 2 fully saturated rings. The van der Waals surface area contributed by atoms with E-state index < -0.39 is 0 Å². The number of aromatic amines is 2. The molecular formula is C44H42N8. The van der Waals surface area contributed by atoms with Gasteiger partial charge >= 0.3 is 0 Å². The Kier molecular flexibility index (Phi) is 7.65. The summed E-state index contributed by atoms with van der Waals surface area (Å²) in [6.07, 6.45) is 3.61. The second-order valence-corrected chi connectivity index (χ2v) is 14.1. The van der Waals surface area contributed by atoms with E-state index in [0.29, 0.717) is 0 Å². The monoisotopic (exact) mass is 682 g/mol. The van der Waals surface area contributed by atoms with E-state index in [9.17, 15) is 0 Å². The molecule has 0 spiro atoms. The zero-order valence-corrected chi connectivity index (χ0v) is 28.8. The maximum absolute atomic E-state index is 6.19. The minimum Gasteiger partial charge on any atom is -0.399 e. The lowest BCUT2D eigenvalue weighted by Gasteiger charge is -2.20. The molecule has 6 aromatic rings. The summed E-state index contributed by atoms with van der Waals surface area (Å²) in [6.45, 7) is 0. The molecule has 0 radical (unpaired) electrons. The number of nitrogens with two attached hydrogens (primary N) is 4. The van der Waals surface area contributed by atoms with Crippen molar-refractivity contribution in [3.05, 3.63) is 177 Å². The van der Waals surface area contributed by atoms with Crippen molar-refractivity contribution in [2.24, 2.45) is 0 Å². The fourth-order valence-corrected chi connectivity index (χ4v) is 8.21. The molecule has 5 heterocycles. The minimum absolute atomic E-state index is 0.0534. The first-order valence-electron chi connectivity index (χ1n) is 17.9. The standard InChI is InChI=1S/C44H42N8/c45-29-9-1-25(2-10-29)41-33-17-19-35(49-33)42(26-3-11-30(46)12-4-26)37-21-23-39(51-37)44(28-7-15-32(48)16-8-28)40-24-22-38(52-40)43(36-20-18-34(41)50-36)27-5-13-31(47)14-6-27/h1-17,19,22,24,34,37,49-52H,18,20-21,23,45-48H2/b41-33-,42-35-,43-36-,44-39-. The molecule has 2 aromatic heterocycles. The Morgan fingerprint density at radius 2 is 0.731 bits per heavy atom. The quantitative estimate of drug-likeness (QED) is 0.110. The molecule has 12 N–H and O–H groups in total. The van der Waals surface area contributed by atoms with Gasteiger partial charge in [-0.2, -0.15) is 0 Å². The van der Waals surface area contributed by atoms with Crippen LogP contribution in [0.5, 0.6) is 0 Å². The van der Waals surface area contributed by atoms with Gasteiger partial charge in [0.25, 0.3) is 0 Å². The Morgan fingerprint density at radius 1 is 0.385 bits per heavy atom. The summed E-state index contributed by atoms with van der Waals surface area (Å²) in [5.74, 6) is 0. The van der Waals surface area contributed by atoms with Crippen molar-refractivity contribution in [2.75, 3.05) is 22.9 Å². The number of hydrogen-bond acceptors (Lipinski definition) is 6. The Hall–Kier alpha value is -6.54. The highest BCUT2D eigenvalue weighted by atomic mass is 15.0. The highest BCUT2D eigenvalue weighted by molar-refractivity contribution is 5.87. The van der Waals surface area contributed by atoms with Crippen LogP contribution < -0.4 is 44.3 Å². The number of rotatable bonds is 4. The van der Waals surface area contributed by atoms with Crippen LogP contribution >= 0.6 is 0 Å². The molecule has 2 unspecified atom stereocenters. The molecule has 9 rings (SSSR count). The number of H-pyrrole nitrogens is 2. The van der Waals surface area contributed by atoms with Crippen molar-refractivity contribution >= 4 is 45.0 Å². The maximum atomic E-state index is 6.19. The number of hydrogen-bond donors (Lipinski definition) is 8. The summed E-state index contributed by atoms with van der Waals surface area (Å²) in [4.78, 5) is 7.78. The molecule has 258 valence electrons. The second-order valence-electron chi connectivity index (χ2n) is 14.1. The SMILES string of the molecule is Nc1ccc(/C2=C3\CCC(N3)/C(c3ccc(N)cc3)=c3/cc/c([nH]3)=C(\c3ccc(N)cc3)C3CC/C(=C(\c4ccc(N)cc4)c4ccc2[nH]4)N3)cc1. The number of anilines is 4. The van der Waals surface area contributed by atoms with Gasteiger partial charge in [-0.25, -0.2) is 0 Å². The molecule has 3 aliphatic rings. The summed E-state index contributed by atoms with van der Waals surface area (Å²) in [5, 5.41) is 10.2. The molecule has 8 nitrogen and oxygen atoms in total. The Labute approximate surface area is 302 Å². The summed E-state index contributed by atoms with van der Waals surface area (Å²) in [7, 11) is 0. The number of fused-ring (bicyclic) bond motifs is 8. The third kappa shape index (κ3) is 5.68. The molecule has 4 aromatic carbocycles. The van der Waals surface area contributed by atoms with Crippen LogP contribution in [0.2, 0.25) is 0 Å². The molecule has 2 saturated heterocycles. The van der Waals surface area contributed by atoms with E-state index >= 15 is 0 Å². The average Bonchev–Trinajstić information content (AvgIpc) is 3.99. The number of aromatic nitrogens is 2. The lowest BCUT2D eigenvalue weighted by atomic mass is 9.96. The van der Waals surface area contributed by atoms with Crippen molar-refractivity contribution in [1.29, 1.82) is 0 Å². The molecule has 3 aliphatic heterocycles. The zero-order chi connectivity index (χ0) is 35.3. The third-order valence-corrected chi connectivity index (χ3v) is 10.7. The van der Waals surface area contributed by atoms with Crippen LogP contribution in [-0.4, -0.2) is 22.1 Å². The first kappa shape index (κ1) is 31.4. The fraction of sp³-hybridized carbons (Fsp3) is 0.136. The number of benzene rings is 4. The molecule has 8 bridgehead atoms. The van der Waals surface area contributed by atoms with E-state index in [1.54, 1.807) is 0 Å². The molecule has 2 atom stereocenters. The van der Waals surface area contributed by atoms with Gasteiger partial charge < -0.3 is 43.5 Å². The summed E-state index contributed by atoms with van der Waals surface area (Å²) < 4.78 is 0. The number of nitrogens with one attached hydrogen (secondary N) is 4. The highest BCUT2D eigenvalue weighted by Crippen LogP contribution is 2.38. The molecule has 0 amide bonds. The molecule has 0 aliphatic carbocycles. The van der Waals surface area contributed by atoms with Gasteiger partial charge in [-0.3, -0.25) is 0 Å². The van der Waals surface area contributed by atoms with Crippen LogP contribution in [0, 0.1) is 0 Å². The van der Waals surface area contributed by atoms with Crippen molar-refractivity contribution in [3.63, 3.8) is 0 Å². The van der Waals surface area contributed by atoms with Crippen molar-refractivity contribution in [1.82, 2.24) is 20.6 Å².